The fraction of sp³-hybridized carbons (Fsp3) is 0.158. The Morgan fingerprint density at radius 1 is 1.04 bits per heavy atom. The van der Waals surface area contributed by atoms with E-state index in [2.05, 4.69) is 15.3 Å². The number of amides is 1. The van der Waals surface area contributed by atoms with Gasteiger partial charge in [0.2, 0.25) is 0 Å². The number of pyridine rings is 1. The predicted octanol–water partition coefficient (Wildman–Crippen LogP) is 3.57. The van der Waals surface area contributed by atoms with Crippen molar-refractivity contribution in [1.29, 1.82) is 0 Å². The molecular weight excluding hydrogens is 334 g/mol. The van der Waals surface area contributed by atoms with Gasteiger partial charge in [-0.2, -0.15) is 0 Å². The Labute approximate surface area is 149 Å². The molecule has 0 unspecified atom stereocenters. The van der Waals surface area contributed by atoms with Crippen LogP contribution in [0.15, 0.2) is 55.0 Å². The largest absolute Gasteiger partial charge is 0.340 e. The number of carbonyl (C=O) groups is 2. The molecule has 0 radical (unpaired) electrons. The van der Waals surface area contributed by atoms with E-state index in [0.29, 0.717) is 9.88 Å². The molecule has 0 saturated heterocycles. The van der Waals surface area contributed by atoms with Crippen molar-refractivity contribution in [2.45, 2.75) is 19.9 Å². The number of rotatable bonds is 5. The van der Waals surface area contributed by atoms with Gasteiger partial charge in [0, 0.05) is 19.3 Å². The van der Waals surface area contributed by atoms with Gasteiger partial charge in [-0.25, -0.2) is 4.98 Å². The Bertz CT molecular complexity index is 889. The van der Waals surface area contributed by atoms with Crippen molar-refractivity contribution in [1.82, 2.24) is 15.3 Å². The molecule has 126 valence electrons. The Balaban J connectivity index is 1.90. The maximum absolute atomic E-state index is 12.6. The van der Waals surface area contributed by atoms with E-state index in [4.69, 9.17) is 0 Å². The minimum Gasteiger partial charge on any atom is -0.340 e. The van der Waals surface area contributed by atoms with Gasteiger partial charge < -0.3 is 5.32 Å². The Morgan fingerprint density at radius 2 is 1.68 bits per heavy atom. The molecule has 3 aromatic rings. The molecule has 25 heavy (non-hydrogen) atoms. The molecule has 6 heteroatoms. The number of benzene rings is 1. The summed E-state index contributed by atoms with van der Waals surface area (Å²) < 4.78 is 0. The SMILES string of the molecule is CC(=O)c1ncc(C(=O)N[C@H](c2ccncc2)c2ccc(C)cc2)s1. The van der Waals surface area contributed by atoms with Gasteiger partial charge in [0.15, 0.2) is 10.8 Å². The first kappa shape index (κ1) is 17.0. The van der Waals surface area contributed by atoms with Gasteiger partial charge >= 0.3 is 0 Å². The van der Waals surface area contributed by atoms with Crippen molar-refractivity contribution >= 4 is 23.0 Å². The highest BCUT2D eigenvalue weighted by Gasteiger charge is 2.20. The van der Waals surface area contributed by atoms with Crippen molar-refractivity contribution in [3.8, 4) is 0 Å². The minimum absolute atomic E-state index is 0.145. The topological polar surface area (TPSA) is 72.0 Å². The Kier molecular flexibility index (Phi) is 5.00. The molecular formula is C19H17N3O2S. The van der Waals surface area contributed by atoms with Crippen molar-refractivity contribution in [3.05, 3.63) is 81.6 Å². The second kappa shape index (κ2) is 7.36. The first-order chi connectivity index (χ1) is 12.0. The second-order valence-corrected chi connectivity index (χ2v) is 6.71. The molecule has 0 saturated carbocycles. The quantitative estimate of drug-likeness (QED) is 0.713. The molecule has 0 bridgehead atoms. The monoisotopic (exact) mass is 351 g/mol. The smallest absolute Gasteiger partial charge is 0.263 e. The van der Waals surface area contributed by atoms with Gasteiger partial charge in [-0.15, -0.1) is 11.3 Å². The summed E-state index contributed by atoms with van der Waals surface area (Å²) in [5.41, 5.74) is 3.06. The Morgan fingerprint density at radius 3 is 2.28 bits per heavy atom. The molecule has 0 aliphatic carbocycles. The first-order valence-electron chi connectivity index (χ1n) is 7.78. The van der Waals surface area contributed by atoms with Crippen molar-refractivity contribution < 1.29 is 9.59 Å². The van der Waals surface area contributed by atoms with E-state index in [1.807, 2.05) is 43.3 Å². The van der Waals surface area contributed by atoms with Crippen LogP contribution >= 0.6 is 11.3 Å². The molecule has 0 fully saturated rings. The molecule has 0 aliphatic rings. The van der Waals surface area contributed by atoms with Crippen molar-refractivity contribution in [2.75, 3.05) is 0 Å². The molecule has 1 atom stereocenters. The lowest BCUT2D eigenvalue weighted by Crippen LogP contribution is -2.28. The number of thiazole rings is 1. The van der Waals surface area contributed by atoms with Gasteiger partial charge in [0.25, 0.3) is 5.91 Å². The van der Waals surface area contributed by atoms with Crippen LogP contribution in [-0.4, -0.2) is 21.7 Å². The maximum atomic E-state index is 12.6. The van der Waals surface area contributed by atoms with E-state index >= 15 is 0 Å². The summed E-state index contributed by atoms with van der Waals surface area (Å²) in [6.07, 6.45) is 4.84. The summed E-state index contributed by atoms with van der Waals surface area (Å²) in [5.74, 6) is -0.402. The Hall–Kier alpha value is -2.86. The molecule has 1 aromatic carbocycles. The number of hydrogen-bond acceptors (Lipinski definition) is 5. The van der Waals surface area contributed by atoms with Crippen LogP contribution in [0.3, 0.4) is 0 Å². The fourth-order valence-electron chi connectivity index (χ4n) is 2.42. The summed E-state index contributed by atoms with van der Waals surface area (Å²) in [6, 6.07) is 11.4. The zero-order chi connectivity index (χ0) is 17.8. The number of nitrogens with zero attached hydrogens (tertiary/aromatic N) is 2. The highest BCUT2D eigenvalue weighted by atomic mass is 32.1. The number of aromatic nitrogens is 2. The van der Waals surface area contributed by atoms with Crippen LogP contribution < -0.4 is 5.32 Å². The average molecular weight is 351 g/mol. The normalized spacial score (nSPS) is 11.8. The number of hydrogen-bond donors (Lipinski definition) is 1. The van der Waals surface area contributed by atoms with Crippen molar-refractivity contribution in [2.24, 2.45) is 0 Å². The van der Waals surface area contributed by atoms with Crippen LogP contribution in [0.5, 0.6) is 0 Å². The molecule has 0 spiro atoms. The number of Topliss-reactive ketones (excluding diaryl/α,β-unsaturated/α-hetero) is 1. The number of ketones is 1. The number of carbonyl (C=O) groups excluding carboxylic acids is 2. The van der Waals surface area contributed by atoms with Crippen LogP contribution in [0.1, 0.15) is 49.1 Å². The molecule has 5 nitrogen and oxygen atoms in total. The third kappa shape index (κ3) is 3.97. The average Bonchev–Trinajstić information content (AvgIpc) is 3.12. The predicted molar refractivity (Wildman–Crippen MR) is 96.8 cm³/mol. The van der Waals surface area contributed by atoms with E-state index in [1.165, 1.54) is 13.1 Å². The highest BCUT2D eigenvalue weighted by Crippen LogP contribution is 2.23. The standard InChI is InChI=1S/C19H17N3O2S/c1-12-3-5-14(6-4-12)17(15-7-9-20-10-8-15)22-18(24)16-11-21-19(25-16)13(2)23/h3-11,17H,1-2H3,(H,22,24)/t17-/m0/s1. The summed E-state index contributed by atoms with van der Waals surface area (Å²) in [7, 11) is 0. The van der Waals surface area contributed by atoms with Crippen LogP contribution in [0.2, 0.25) is 0 Å². The van der Waals surface area contributed by atoms with E-state index < -0.39 is 0 Å². The molecule has 2 aromatic heterocycles. The van der Waals surface area contributed by atoms with E-state index in [0.717, 1.165) is 28.0 Å². The number of nitrogens with one attached hydrogen (secondary N) is 1. The van der Waals surface area contributed by atoms with Crippen LogP contribution in [0, 0.1) is 6.92 Å². The fourth-order valence-corrected chi connectivity index (χ4v) is 3.13. The summed E-state index contributed by atoms with van der Waals surface area (Å²) in [5, 5.41) is 3.36. The lowest BCUT2D eigenvalue weighted by atomic mass is 9.98. The van der Waals surface area contributed by atoms with E-state index in [-0.39, 0.29) is 17.7 Å². The zero-order valence-electron chi connectivity index (χ0n) is 13.9. The highest BCUT2D eigenvalue weighted by molar-refractivity contribution is 7.15. The van der Waals surface area contributed by atoms with E-state index in [1.54, 1.807) is 12.4 Å². The second-order valence-electron chi connectivity index (χ2n) is 5.68. The van der Waals surface area contributed by atoms with Gasteiger partial charge in [-0.1, -0.05) is 29.8 Å². The van der Waals surface area contributed by atoms with E-state index in [9.17, 15) is 9.59 Å². The third-order valence-electron chi connectivity index (χ3n) is 3.76. The molecule has 0 aliphatic heterocycles. The van der Waals surface area contributed by atoms with Gasteiger partial charge in [0.05, 0.1) is 12.2 Å². The molecule has 3 rings (SSSR count). The summed E-state index contributed by atoms with van der Waals surface area (Å²) in [4.78, 5) is 32.5. The maximum Gasteiger partial charge on any atom is 0.263 e. The van der Waals surface area contributed by atoms with Crippen LogP contribution in [0.25, 0.3) is 0 Å². The molecule has 1 N–H and O–H groups in total. The third-order valence-corrected chi connectivity index (χ3v) is 4.85. The zero-order valence-corrected chi connectivity index (χ0v) is 14.7. The van der Waals surface area contributed by atoms with Crippen LogP contribution in [0.4, 0.5) is 0 Å². The lowest BCUT2D eigenvalue weighted by Gasteiger charge is -2.19. The van der Waals surface area contributed by atoms with Crippen molar-refractivity contribution in [3.63, 3.8) is 0 Å². The summed E-state index contributed by atoms with van der Waals surface area (Å²) in [6.45, 7) is 3.46. The van der Waals surface area contributed by atoms with Gasteiger partial charge in [0.1, 0.15) is 4.88 Å². The van der Waals surface area contributed by atoms with Gasteiger partial charge in [-0.3, -0.25) is 14.6 Å². The lowest BCUT2D eigenvalue weighted by molar-refractivity contribution is 0.0946. The van der Waals surface area contributed by atoms with Gasteiger partial charge in [-0.05, 0) is 30.2 Å². The molecule has 1 amide bonds. The first-order valence-corrected chi connectivity index (χ1v) is 8.60. The van der Waals surface area contributed by atoms with Crippen LogP contribution in [-0.2, 0) is 0 Å². The minimum atomic E-state index is -0.307. The number of aryl methyl sites for hydroxylation is 1. The summed E-state index contributed by atoms with van der Waals surface area (Å²) >= 11 is 1.10. The molecule has 2 heterocycles.